The maximum absolute atomic E-state index is 11.7. The summed E-state index contributed by atoms with van der Waals surface area (Å²) in [4.78, 5) is 13.3. The Morgan fingerprint density at radius 2 is 2.31 bits per heavy atom. The topological polar surface area (TPSA) is 44.1 Å². The van der Waals surface area contributed by atoms with Crippen LogP contribution in [0.4, 0.5) is 0 Å². The first-order valence-corrected chi connectivity index (χ1v) is 4.78. The third-order valence-electron chi connectivity index (χ3n) is 2.86. The van der Waals surface area contributed by atoms with Crippen molar-refractivity contribution in [3.05, 3.63) is 0 Å². The molecule has 1 aliphatic rings. The lowest BCUT2D eigenvalue weighted by Gasteiger charge is -2.20. The van der Waals surface area contributed by atoms with E-state index in [0.717, 1.165) is 19.3 Å². The van der Waals surface area contributed by atoms with Crippen LogP contribution in [0.1, 0.15) is 26.2 Å². The van der Waals surface area contributed by atoms with Gasteiger partial charge in [-0.25, -0.2) is 0 Å². The number of rotatable bonds is 2. The minimum absolute atomic E-state index is 0.145. The van der Waals surface area contributed by atoms with Gasteiger partial charge < -0.3 is 4.90 Å². The number of hydrogen-bond acceptors (Lipinski definition) is 2. The highest BCUT2D eigenvalue weighted by molar-refractivity contribution is 5.79. The lowest BCUT2D eigenvalue weighted by Crippen LogP contribution is -2.34. The van der Waals surface area contributed by atoms with Gasteiger partial charge in [-0.2, -0.15) is 5.26 Å². The highest BCUT2D eigenvalue weighted by Crippen LogP contribution is 2.32. The van der Waals surface area contributed by atoms with Crippen molar-refractivity contribution in [2.45, 2.75) is 26.2 Å². The van der Waals surface area contributed by atoms with E-state index < -0.39 is 0 Å². The van der Waals surface area contributed by atoms with Crippen molar-refractivity contribution in [3.8, 4) is 6.07 Å². The van der Waals surface area contributed by atoms with Crippen molar-refractivity contribution in [3.63, 3.8) is 0 Å². The Bertz CT molecular complexity index is 232. The molecule has 1 aliphatic carbocycles. The molecular formula is C10H16N2O. The Labute approximate surface area is 79.3 Å². The van der Waals surface area contributed by atoms with Crippen molar-refractivity contribution < 1.29 is 4.79 Å². The molecule has 0 bridgehead atoms. The van der Waals surface area contributed by atoms with Crippen LogP contribution in [0.3, 0.4) is 0 Å². The molecule has 0 aromatic heterocycles. The number of amides is 1. The summed E-state index contributed by atoms with van der Waals surface area (Å²) in [7, 11) is 1.70. The summed E-state index contributed by atoms with van der Waals surface area (Å²) in [6.07, 6.45) is 3.30. The summed E-state index contributed by atoms with van der Waals surface area (Å²) in [5.74, 6) is 0.804. The van der Waals surface area contributed by atoms with E-state index in [1.807, 2.05) is 6.07 Å². The molecule has 0 aromatic rings. The second-order valence-electron chi connectivity index (χ2n) is 3.87. The average molecular weight is 180 g/mol. The fourth-order valence-electron chi connectivity index (χ4n) is 1.98. The van der Waals surface area contributed by atoms with Crippen LogP contribution in [0.15, 0.2) is 0 Å². The molecule has 0 aromatic carbocycles. The van der Waals surface area contributed by atoms with Crippen molar-refractivity contribution in [2.24, 2.45) is 11.8 Å². The molecule has 2 unspecified atom stereocenters. The third kappa shape index (κ3) is 2.21. The second kappa shape index (κ2) is 4.27. The SMILES string of the molecule is CC1CCCC1C(=O)N(C)CC#N. The molecule has 0 heterocycles. The third-order valence-corrected chi connectivity index (χ3v) is 2.86. The molecule has 1 rings (SSSR count). The minimum atomic E-state index is 0.145. The zero-order chi connectivity index (χ0) is 9.84. The number of nitrogens with zero attached hydrogens (tertiary/aromatic N) is 2. The predicted molar refractivity (Wildman–Crippen MR) is 49.8 cm³/mol. The summed E-state index contributed by atoms with van der Waals surface area (Å²) < 4.78 is 0. The van der Waals surface area contributed by atoms with Crippen LogP contribution in [0.5, 0.6) is 0 Å². The highest BCUT2D eigenvalue weighted by atomic mass is 16.2. The van der Waals surface area contributed by atoms with Crippen molar-refractivity contribution >= 4 is 5.91 Å². The fourth-order valence-corrected chi connectivity index (χ4v) is 1.98. The molecule has 2 atom stereocenters. The van der Waals surface area contributed by atoms with Gasteiger partial charge in [0.05, 0.1) is 6.07 Å². The van der Waals surface area contributed by atoms with Crippen LogP contribution in [0.2, 0.25) is 0 Å². The molecule has 3 nitrogen and oxygen atoms in total. The van der Waals surface area contributed by atoms with Crippen molar-refractivity contribution in [1.29, 1.82) is 5.26 Å². The van der Waals surface area contributed by atoms with Crippen LogP contribution >= 0.6 is 0 Å². The molecule has 0 spiro atoms. The molecule has 0 aliphatic heterocycles. The van der Waals surface area contributed by atoms with Gasteiger partial charge in [0.15, 0.2) is 0 Å². The van der Waals surface area contributed by atoms with Gasteiger partial charge in [0, 0.05) is 13.0 Å². The van der Waals surface area contributed by atoms with Crippen LogP contribution in [0, 0.1) is 23.2 Å². The molecule has 0 radical (unpaired) electrons. The first kappa shape index (κ1) is 10.0. The van der Waals surface area contributed by atoms with E-state index >= 15 is 0 Å². The van der Waals surface area contributed by atoms with Crippen LogP contribution in [-0.2, 0) is 4.79 Å². The average Bonchev–Trinajstić information content (AvgIpc) is 2.50. The smallest absolute Gasteiger partial charge is 0.226 e. The van der Waals surface area contributed by atoms with Gasteiger partial charge in [-0.3, -0.25) is 4.79 Å². The standard InChI is InChI=1S/C10H16N2O/c1-8-4-3-5-9(8)10(13)12(2)7-6-11/h8-9H,3-5,7H2,1-2H3. The Hall–Kier alpha value is -1.04. The van der Waals surface area contributed by atoms with Gasteiger partial charge in [0.1, 0.15) is 6.54 Å². The summed E-state index contributed by atoms with van der Waals surface area (Å²) in [6.45, 7) is 2.33. The largest absolute Gasteiger partial charge is 0.332 e. The van der Waals surface area contributed by atoms with Crippen LogP contribution in [0.25, 0.3) is 0 Å². The first-order chi connectivity index (χ1) is 6.16. The monoisotopic (exact) mass is 180 g/mol. The number of hydrogen-bond donors (Lipinski definition) is 0. The zero-order valence-electron chi connectivity index (χ0n) is 8.29. The number of nitriles is 1. The molecule has 0 N–H and O–H groups in total. The lowest BCUT2D eigenvalue weighted by atomic mass is 9.97. The maximum Gasteiger partial charge on any atom is 0.226 e. The maximum atomic E-state index is 11.7. The highest BCUT2D eigenvalue weighted by Gasteiger charge is 2.31. The molecule has 1 fully saturated rings. The molecule has 13 heavy (non-hydrogen) atoms. The minimum Gasteiger partial charge on any atom is -0.332 e. The van der Waals surface area contributed by atoms with E-state index in [0.29, 0.717) is 5.92 Å². The van der Waals surface area contributed by atoms with Crippen LogP contribution in [-0.4, -0.2) is 24.4 Å². The van der Waals surface area contributed by atoms with Gasteiger partial charge >= 0.3 is 0 Å². The van der Waals surface area contributed by atoms with E-state index in [9.17, 15) is 4.79 Å². The van der Waals surface area contributed by atoms with Crippen molar-refractivity contribution in [1.82, 2.24) is 4.90 Å². The van der Waals surface area contributed by atoms with E-state index in [1.165, 1.54) is 4.90 Å². The molecular weight excluding hydrogens is 164 g/mol. The zero-order valence-corrected chi connectivity index (χ0v) is 8.29. The molecule has 0 saturated heterocycles. The van der Waals surface area contributed by atoms with E-state index in [1.54, 1.807) is 7.05 Å². The van der Waals surface area contributed by atoms with Gasteiger partial charge in [-0.15, -0.1) is 0 Å². The Morgan fingerprint density at radius 1 is 1.62 bits per heavy atom. The lowest BCUT2D eigenvalue weighted by molar-refractivity contribution is -0.134. The normalized spacial score (nSPS) is 26.8. The number of carbonyl (C=O) groups excluding carboxylic acids is 1. The fraction of sp³-hybridized carbons (Fsp3) is 0.800. The van der Waals surface area contributed by atoms with E-state index in [2.05, 4.69) is 6.92 Å². The van der Waals surface area contributed by atoms with Crippen LogP contribution < -0.4 is 0 Å². The first-order valence-electron chi connectivity index (χ1n) is 4.78. The van der Waals surface area contributed by atoms with E-state index in [4.69, 9.17) is 5.26 Å². The quantitative estimate of drug-likeness (QED) is 0.603. The van der Waals surface area contributed by atoms with Gasteiger partial charge in [0.2, 0.25) is 5.91 Å². The molecule has 1 saturated carbocycles. The molecule has 1 amide bonds. The Kier molecular flexibility index (Phi) is 3.30. The summed E-state index contributed by atoms with van der Waals surface area (Å²) in [6, 6.07) is 1.99. The summed E-state index contributed by atoms with van der Waals surface area (Å²) in [5, 5.41) is 8.45. The second-order valence-corrected chi connectivity index (χ2v) is 3.87. The van der Waals surface area contributed by atoms with Gasteiger partial charge in [0.25, 0.3) is 0 Å². The van der Waals surface area contributed by atoms with E-state index in [-0.39, 0.29) is 18.4 Å². The van der Waals surface area contributed by atoms with Gasteiger partial charge in [-0.1, -0.05) is 13.3 Å². The summed E-state index contributed by atoms with van der Waals surface area (Å²) >= 11 is 0. The Balaban J connectivity index is 2.52. The van der Waals surface area contributed by atoms with Crippen molar-refractivity contribution in [2.75, 3.05) is 13.6 Å². The molecule has 3 heteroatoms. The summed E-state index contributed by atoms with van der Waals surface area (Å²) in [5.41, 5.74) is 0. The van der Waals surface area contributed by atoms with Gasteiger partial charge in [-0.05, 0) is 18.8 Å². The Morgan fingerprint density at radius 3 is 2.77 bits per heavy atom. The number of carbonyl (C=O) groups is 1. The molecule has 72 valence electrons. The predicted octanol–water partition coefficient (Wildman–Crippen LogP) is 1.40.